The molecule has 0 amide bonds. The Balaban J connectivity index is 0.000000180. The average Bonchev–Trinajstić information content (AvgIpc) is 2.30. The van der Waals surface area contributed by atoms with Crippen LogP contribution in [0.5, 0.6) is 0 Å². The topological polar surface area (TPSA) is 71.8 Å². The van der Waals surface area contributed by atoms with E-state index in [4.69, 9.17) is 5.73 Å². The van der Waals surface area contributed by atoms with Crippen LogP contribution in [0, 0.1) is 13.8 Å². The fraction of sp³-hybridized carbons (Fsp3) is 0.167. The zero-order chi connectivity index (χ0) is 13.7. The van der Waals surface area contributed by atoms with Crippen LogP contribution in [0.1, 0.15) is 11.1 Å². The normalized spacial score (nSPS) is 9.56. The largest absolute Gasteiger partial charge is 0.383 e. The summed E-state index contributed by atoms with van der Waals surface area (Å²) in [6.07, 6.45) is 3.30. The van der Waals surface area contributed by atoms with Gasteiger partial charge in [-0.25, -0.2) is 4.98 Å². The molecular weight excluding hydrogens is 362 g/mol. The molecule has 2 heterocycles. The van der Waals surface area contributed by atoms with Crippen molar-refractivity contribution in [2.24, 2.45) is 0 Å². The molecule has 0 aromatic carbocycles. The van der Waals surface area contributed by atoms with E-state index in [1.54, 1.807) is 25.4 Å². The summed E-state index contributed by atoms with van der Waals surface area (Å²) in [5, 5.41) is 0. The summed E-state index contributed by atoms with van der Waals surface area (Å²) in [4.78, 5) is 17.2. The Bertz CT molecular complexity index is 596. The van der Waals surface area contributed by atoms with Gasteiger partial charge >= 0.3 is 0 Å². The monoisotopic (exact) mass is 373 g/mol. The number of aromatic amines is 1. The quantitative estimate of drug-likeness (QED) is 0.743. The minimum Gasteiger partial charge on any atom is -0.383 e. The van der Waals surface area contributed by atoms with E-state index in [0.717, 1.165) is 20.1 Å². The van der Waals surface area contributed by atoms with Crippen molar-refractivity contribution in [1.82, 2.24) is 9.97 Å². The molecular formula is C12H13Br2N3O. The number of nitrogens with zero attached hydrogens (tertiary/aromatic N) is 1. The standard InChI is InChI=1S/C6H7BrN2.C6H6BrNO/c1-4-2-5(7)3-9-6(4)8;1-4-2-5(7)3-8-6(4)9/h2-3H,1H3,(H2,8,9);2-3H,1H3,(H,8,9). The van der Waals surface area contributed by atoms with E-state index < -0.39 is 0 Å². The number of pyridine rings is 2. The van der Waals surface area contributed by atoms with Gasteiger partial charge in [-0.2, -0.15) is 0 Å². The Labute approximate surface area is 122 Å². The molecule has 0 aliphatic heterocycles. The molecule has 96 valence electrons. The zero-order valence-electron chi connectivity index (χ0n) is 10.00. The number of rotatable bonds is 0. The molecule has 0 unspecified atom stereocenters. The Hall–Kier alpha value is -1.14. The van der Waals surface area contributed by atoms with Crippen molar-refractivity contribution < 1.29 is 0 Å². The van der Waals surface area contributed by atoms with E-state index in [1.165, 1.54) is 0 Å². The Morgan fingerprint density at radius 3 is 2.22 bits per heavy atom. The number of nitrogens with two attached hydrogens (primary N) is 1. The first kappa shape index (κ1) is 14.9. The van der Waals surface area contributed by atoms with Crippen LogP contribution >= 0.6 is 31.9 Å². The van der Waals surface area contributed by atoms with Gasteiger partial charge in [-0.3, -0.25) is 4.79 Å². The van der Waals surface area contributed by atoms with Gasteiger partial charge in [-0.15, -0.1) is 0 Å². The molecule has 0 saturated carbocycles. The molecule has 2 rings (SSSR count). The molecule has 0 radical (unpaired) electrons. The van der Waals surface area contributed by atoms with Crippen LogP contribution < -0.4 is 11.3 Å². The predicted molar refractivity (Wildman–Crippen MR) is 80.6 cm³/mol. The molecule has 0 atom stereocenters. The SMILES string of the molecule is Cc1cc(Br)c[nH]c1=O.Cc1cc(Br)cnc1N. The van der Waals surface area contributed by atoms with Gasteiger partial charge in [0.2, 0.25) is 0 Å². The van der Waals surface area contributed by atoms with Gasteiger partial charge in [0, 0.05) is 26.9 Å². The molecule has 0 aliphatic carbocycles. The van der Waals surface area contributed by atoms with Crippen molar-refractivity contribution in [1.29, 1.82) is 0 Å². The molecule has 4 nitrogen and oxygen atoms in total. The second-order valence-corrected chi connectivity index (χ2v) is 5.52. The van der Waals surface area contributed by atoms with Gasteiger partial charge in [-0.05, 0) is 63.4 Å². The number of halogens is 2. The van der Waals surface area contributed by atoms with Crippen LogP contribution in [0.15, 0.2) is 38.3 Å². The lowest BCUT2D eigenvalue weighted by molar-refractivity contribution is 1.17. The maximum absolute atomic E-state index is 10.7. The van der Waals surface area contributed by atoms with Gasteiger partial charge in [-0.1, -0.05) is 0 Å². The molecule has 2 aromatic heterocycles. The molecule has 0 bridgehead atoms. The summed E-state index contributed by atoms with van der Waals surface area (Å²) in [5.74, 6) is 0.596. The average molecular weight is 375 g/mol. The number of nitrogen functional groups attached to an aromatic ring is 1. The summed E-state index contributed by atoms with van der Waals surface area (Å²) in [5.41, 5.74) is 7.16. The smallest absolute Gasteiger partial charge is 0.250 e. The van der Waals surface area contributed by atoms with Crippen LogP contribution in [-0.2, 0) is 0 Å². The van der Waals surface area contributed by atoms with E-state index in [9.17, 15) is 4.79 Å². The number of nitrogens with one attached hydrogen (secondary N) is 1. The van der Waals surface area contributed by atoms with Crippen LogP contribution in [0.4, 0.5) is 5.82 Å². The number of aromatic nitrogens is 2. The molecule has 0 aliphatic rings. The van der Waals surface area contributed by atoms with E-state index in [2.05, 4.69) is 41.8 Å². The van der Waals surface area contributed by atoms with Gasteiger partial charge in [0.1, 0.15) is 5.82 Å². The summed E-state index contributed by atoms with van der Waals surface area (Å²) in [6, 6.07) is 3.71. The highest BCUT2D eigenvalue weighted by Gasteiger charge is 1.92. The number of aryl methyl sites for hydroxylation is 2. The first-order chi connectivity index (χ1) is 8.40. The van der Waals surface area contributed by atoms with Crippen LogP contribution in [-0.4, -0.2) is 9.97 Å². The first-order valence-electron chi connectivity index (χ1n) is 5.12. The van der Waals surface area contributed by atoms with Crippen molar-refractivity contribution in [2.75, 3.05) is 5.73 Å². The zero-order valence-corrected chi connectivity index (χ0v) is 13.2. The number of hydrogen-bond donors (Lipinski definition) is 2. The van der Waals surface area contributed by atoms with Gasteiger partial charge in [0.15, 0.2) is 0 Å². The highest BCUT2D eigenvalue weighted by atomic mass is 79.9. The molecule has 2 aromatic rings. The second-order valence-electron chi connectivity index (χ2n) is 3.69. The molecule has 18 heavy (non-hydrogen) atoms. The van der Waals surface area contributed by atoms with Gasteiger partial charge in [0.25, 0.3) is 5.56 Å². The fourth-order valence-electron chi connectivity index (χ4n) is 1.11. The Morgan fingerprint density at radius 2 is 1.78 bits per heavy atom. The highest BCUT2D eigenvalue weighted by molar-refractivity contribution is 9.10. The number of hydrogen-bond acceptors (Lipinski definition) is 3. The maximum Gasteiger partial charge on any atom is 0.250 e. The lowest BCUT2D eigenvalue weighted by atomic mass is 10.3. The van der Waals surface area contributed by atoms with Crippen LogP contribution in [0.25, 0.3) is 0 Å². The number of H-pyrrole nitrogens is 1. The van der Waals surface area contributed by atoms with Crippen molar-refractivity contribution in [2.45, 2.75) is 13.8 Å². The van der Waals surface area contributed by atoms with Crippen molar-refractivity contribution in [3.05, 3.63) is 55.0 Å². The van der Waals surface area contributed by atoms with E-state index in [-0.39, 0.29) is 5.56 Å². The Kier molecular flexibility index (Phi) is 5.55. The van der Waals surface area contributed by atoms with Crippen molar-refractivity contribution in [3.8, 4) is 0 Å². The summed E-state index contributed by atoms with van der Waals surface area (Å²) in [7, 11) is 0. The first-order valence-corrected chi connectivity index (χ1v) is 6.71. The summed E-state index contributed by atoms with van der Waals surface area (Å²) >= 11 is 6.50. The predicted octanol–water partition coefficient (Wildman–Crippen LogP) is 3.18. The van der Waals surface area contributed by atoms with Crippen LogP contribution in [0.2, 0.25) is 0 Å². The molecule has 0 fully saturated rings. The number of anilines is 1. The minimum absolute atomic E-state index is 0.0294. The van der Waals surface area contributed by atoms with Crippen molar-refractivity contribution >= 4 is 37.7 Å². The molecule has 0 spiro atoms. The van der Waals surface area contributed by atoms with Crippen molar-refractivity contribution in [3.63, 3.8) is 0 Å². The van der Waals surface area contributed by atoms with E-state index >= 15 is 0 Å². The maximum atomic E-state index is 10.7. The lowest BCUT2D eigenvalue weighted by Crippen LogP contribution is -2.06. The second kappa shape index (κ2) is 6.70. The summed E-state index contributed by atoms with van der Waals surface area (Å²) in [6.45, 7) is 3.69. The van der Waals surface area contributed by atoms with E-state index in [1.807, 2.05) is 13.0 Å². The minimum atomic E-state index is -0.0294. The Morgan fingerprint density at radius 1 is 1.17 bits per heavy atom. The molecule has 6 heteroatoms. The highest BCUT2D eigenvalue weighted by Crippen LogP contribution is 2.13. The van der Waals surface area contributed by atoms with Gasteiger partial charge < -0.3 is 10.7 Å². The molecule has 3 N–H and O–H groups in total. The summed E-state index contributed by atoms with van der Waals surface area (Å²) < 4.78 is 1.87. The fourth-order valence-corrected chi connectivity index (χ4v) is 2.02. The lowest BCUT2D eigenvalue weighted by Gasteiger charge is -1.96. The third-order valence-electron chi connectivity index (χ3n) is 2.14. The third-order valence-corrected chi connectivity index (χ3v) is 3.03. The van der Waals surface area contributed by atoms with Gasteiger partial charge in [0.05, 0.1) is 0 Å². The molecule has 0 saturated heterocycles. The van der Waals surface area contributed by atoms with Crippen LogP contribution in [0.3, 0.4) is 0 Å². The van der Waals surface area contributed by atoms with E-state index in [0.29, 0.717) is 5.82 Å². The third kappa shape index (κ3) is 4.62.